The highest BCUT2D eigenvalue weighted by Crippen LogP contribution is 2.34. The van der Waals surface area contributed by atoms with Crippen molar-refractivity contribution >= 4 is 33.4 Å². The Labute approximate surface area is 193 Å². The van der Waals surface area contributed by atoms with Gasteiger partial charge >= 0.3 is 0 Å². The third-order valence-electron chi connectivity index (χ3n) is 4.56. The SMILES string of the molecule is CC(C)(C)c1cc(Br)ccc1OCC(=O)Nc1oc(-c2cccc([N+](=O)[O-])c2)cc1C#N. The molecule has 3 rings (SSSR count). The number of benzene rings is 2. The maximum absolute atomic E-state index is 12.5. The van der Waals surface area contributed by atoms with Crippen LogP contribution in [0.5, 0.6) is 5.75 Å². The first-order chi connectivity index (χ1) is 15.1. The molecule has 1 amide bonds. The first-order valence-corrected chi connectivity index (χ1v) is 10.4. The van der Waals surface area contributed by atoms with E-state index in [1.807, 2.05) is 39.0 Å². The molecule has 3 aromatic rings. The molecule has 1 heterocycles. The highest BCUT2D eigenvalue weighted by Gasteiger charge is 2.21. The summed E-state index contributed by atoms with van der Waals surface area (Å²) in [7, 11) is 0. The van der Waals surface area contributed by atoms with Gasteiger partial charge in [-0.3, -0.25) is 20.2 Å². The molecule has 0 atom stereocenters. The van der Waals surface area contributed by atoms with Gasteiger partial charge in [-0.05, 0) is 23.6 Å². The van der Waals surface area contributed by atoms with Crippen LogP contribution < -0.4 is 10.1 Å². The third-order valence-corrected chi connectivity index (χ3v) is 5.05. The predicted molar refractivity (Wildman–Crippen MR) is 122 cm³/mol. The summed E-state index contributed by atoms with van der Waals surface area (Å²) in [5, 5.41) is 22.9. The van der Waals surface area contributed by atoms with Gasteiger partial charge in [-0.15, -0.1) is 0 Å². The molecule has 0 aliphatic rings. The van der Waals surface area contributed by atoms with Crippen molar-refractivity contribution in [3.8, 4) is 23.1 Å². The number of anilines is 1. The van der Waals surface area contributed by atoms with Gasteiger partial charge in [0.05, 0.1) is 4.92 Å². The lowest BCUT2D eigenvalue weighted by Crippen LogP contribution is -2.22. The standard InChI is InChI=1S/C23H20BrN3O5/c1-23(2,3)18-11-16(24)7-8-19(18)31-13-21(28)26-22-15(12-25)10-20(32-22)14-5-4-6-17(9-14)27(29)30/h4-11H,13H2,1-3H3,(H,26,28). The van der Waals surface area contributed by atoms with Gasteiger partial charge in [0.25, 0.3) is 11.6 Å². The van der Waals surface area contributed by atoms with E-state index in [-0.39, 0.29) is 34.9 Å². The van der Waals surface area contributed by atoms with Crippen LogP contribution in [0.1, 0.15) is 31.9 Å². The summed E-state index contributed by atoms with van der Waals surface area (Å²) >= 11 is 3.45. The molecule has 0 spiro atoms. The van der Waals surface area contributed by atoms with E-state index >= 15 is 0 Å². The number of amides is 1. The van der Waals surface area contributed by atoms with Gasteiger partial charge in [0.15, 0.2) is 6.61 Å². The van der Waals surface area contributed by atoms with E-state index in [4.69, 9.17) is 9.15 Å². The number of hydrogen-bond acceptors (Lipinski definition) is 6. The van der Waals surface area contributed by atoms with Crippen molar-refractivity contribution in [3.05, 3.63) is 74.2 Å². The number of nitro benzene ring substituents is 1. The molecular formula is C23H20BrN3O5. The molecule has 8 nitrogen and oxygen atoms in total. The minimum atomic E-state index is -0.522. The summed E-state index contributed by atoms with van der Waals surface area (Å²) in [6, 6.07) is 14.7. The van der Waals surface area contributed by atoms with Gasteiger partial charge in [0, 0.05) is 33.8 Å². The zero-order valence-electron chi connectivity index (χ0n) is 17.6. The van der Waals surface area contributed by atoms with Crippen LogP contribution in [0.4, 0.5) is 11.6 Å². The predicted octanol–water partition coefficient (Wildman–Crippen LogP) is 5.80. The normalized spacial score (nSPS) is 11.0. The smallest absolute Gasteiger partial charge is 0.270 e. The van der Waals surface area contributed by atoms with Gasteiger partial charge in [-0.1, -0.05) is 48.8 Å². The van der Waals surface area contributed by atoms with Crippen molar-refractivity contribution in [1.29, 1.82) is 5.26 Å². The number of carbonyl (C=O) groups is 1. The maximum atomic E-state index is 12.5. The monoisotopic (exact) mass is 497 g/mol. The summed E-state index contributed by atoms with van der Waals surface area (Å²) < 4.78 is 12.2. The molecule has 9 heteroatoms. The van der Waals surface area contributed by atoms with E-state index in [2.05, 4.69) is 21.2 Å². The van der Waals surface area contributed by atoms with Gasteiger partial charge < -0.3 is 9.15 Å². The number of nitrogens with one attached hydrogen (secondary N) is 1. The van der Waals surface area contributed by atoms with Crippen molar-refractivity contribution in [2.45, 2.75) is 26.2 Å². The summed E-state index contributed by atoms with van der Waals surface area (Å²) in [6.07, 6.45) is 0. The van der Waals surface area contributed by atoms with Crippen molar-refractivity contribution in [1.82, 2.24) is 0 Å². The number of halogens is 1. The lowest BCUT2D eigenvalue weighted by molar-refractivity contribution is -0.384. The van der Waals surface area contributed by atoms with Crippen molar-refractivity contribution in [2.24, 2.45) is 0 Å². The Balaban J connectivity index is 1.76. The van der Waals surface area contributed by atoms with Crippen molar-refractivity contribution < 1.29 is 18.9 Å². The van der Waals surface area contributed by atoms with E-state index in [9.17, 15) is 20.2 Å². The number of rotatable bonds is 6. The van der Waals surface area contributed by atoms with Crippen molar-refractivity contribution in [2.75, 3.05) is 11.9 Å². The second kappa shape index (κ2) is 9.24. The molecule has 0 radical (unpaired) electrons. The second-order valence-electron chi connectivity index (χ2n) is 8.00. The molecule has 0 fully saturated rings. The minimum Gasteiger partial charge on any atom is -0.483 e. The van der Waals surface area contributed by atoms with Gasteiger partial charge in [-0.2, -0.15) is 5.26 Å². The van der Waals surface area contributed by atoms with Crippen LogP contribution in [0.2, 0.25) is 0 Å². The quantitative estimate of drug-likeness (QED) is 0.339. The molecule has 0 bridgehead atoms. The molecule has 1 N–H and O–H groups in total. The molecule has 0 saturated carbocycles. The number of ether oxygens (including phenoxy) is 1. The van der Waals surface area contributed by atoms with Crippen LogP contribution in [0, 0.1) is 21.4 Å². The average molecular weight is 498 g/mol. The fraction of sp³-hybridized carbons (Fsp3) is 0.217. The van der Waals surface area contributed by atoms with Crippen molar-refractivity contribution in [3.63, 3.8) is 0 Å². The molecule has 0 aliphatic carbocycles. The first-order valence-electron chi connectivity index (χ1n) is 9.60. The Kier molecular flexibility index (Phi) is 6.65. The Morgan fingerprint density at radius 2 is 2.00 bits per heavy atom. The summed E-state index contributed by atoms with van der Waals surface area (Å²) in [6.45, 7) is 5.83. The van der Waals surface area contributed by atoms with E-state index in [1.54, 1.807) is 12.1 Å². The first kappa shape index (κ1) is 23.0. The summed E-state index contributed by atoms with van der Waals surface area (Å²) in [5.41, 5.74) is 1.14. The topological polar surface area (TPSA) is 118 Å². The average Bonchev–Trinajstić information content (AvgIpc) is 3.15. The zero-order valence-corrected chi connectivity index (χ0v) is 19.2. The van der Waals surface area contributed by atoms with Crippen LogP contribution >= 0.6 is 15.9 Å². The van der Waals surface area contributed by atoms with Gasteiger partial charge in [0.1, 0.15) is 23.1 Å². The van der Waals surface area contributed by atoms with Crippen LogP contribution in [0.3, 0.4) is 0 Å². The molecule has 0 unspecified atom stereocenters. The van der Waals surface area contributed by atoms with E-state index in [1.165, 1.54) is 24.3 Å². The zero-order chi connectivity index (χ0) is 23.5. The molecule has 164 valence electrons. The lowest BCUT2D eigenvalue weighted by Gasteiger charge is -2.23. The fourth-order valence-electron chi connectivity index (χ4n) is 3.00. The Morgan fingerprint density at radius 3 is 2.66 bits per heavy atom. The largest absolute Gasteiger partial charge is 0.483 e. The Bertz CT molecular complexity index is 1220. The number of carbonyl (C=O) groups excluding carboxylic acids is 1. The number of non-ortho nitro benzene ring substituents is 1. The molecule has 1 aromatic heterocycles. The van der Waals surface area contributed by atoms with Crippen LogP contribution in [0.15, 0.2) is 57.4 Å². The van der Waals surface area contributed by atoms with Crippen LogP contribution in [-0.2, 0) is 10.2 Å². The molecular weight excluding hydrogens is 478 g/mol. The second-order valence-corrected chi connectivity index (χ2v) is 8.92. The van der Waals surface area contributed by atoms with E-state index < -0.39 is 10.8 Å². The van der Waals surface area contributed by atoms with Gasteiger partial charge in [0.2, 0.25) is 5.88 Å². The Hall–Kier alpha value is -3.64. The van der Waals surface area contributed by atoms with E-state index in [0.29, 0.717) is 11.3 Å². The van der Waals surface area contributed by atoms with Crippen LogP contribution in [0.25, 0.3) is 11.3 Å². The molecule has 0 aliphatic heterocycles. The number of nitrogens with zero attached hydrogens (tertiary/aromatic N) is 2. The molecule has 0 saturated heterocycles. The summed E-state index contributed by atoms with van der Waals surface area (Å²) in [4.78, 5) is 22.9. The maximum Gasteiger partial charge on any atom is 0.270 e. The number of furan rings is 1. The minimum absolute atomic E-state index is 0.0468. The molecule has 32 heavy (non-hydrogen) atoms. The Morgan fingerprint density at radius 1 is 1.25 bits per heavy atom. The third kappa shape index (κ3) is 5.34. The number of nitriles is 1. The molecule has 2 aromatic carbocycles. The fourth-order valence-corrected chi connectivity index (χ4v) is 3.36. The lowest BCUT2D eigenvalue weighted by atomic mass is 9.86. The summed E-state index contributed by atoms with van der Waals surface area (Å²) in [5.74, 6) is 0.246. The van der Waals surface area contributed by atoms with Gasteiger partial charge in [-0.25, -0.2) is 0 Å². The number of nitro groups is 1. The van der Waals surface area contributed by atoms with Crippen LogP contribution in [-0.4, -0.2) is 17.4 Å². The highest BCUT2D eigenvalue weighted by atomic mass is 79.9. The van der Waals surface area contributed by atoms with E-state index in [0.717, 1.165) is 10.0 Å². The highest BCUT2D eigenvalue weighted by molar-refractivity contribution is 9.10. The number of hydrogen-bond donors (Lipinski definition) is 1.